The second-order valence-corrected chi connectivity index (χ2v) is 6.83. The number of carbonyl (C=O) groups excluding carboxylic acids is 1. The number of rotatable bonds is 10. The van der Waals surface area contributed by atoms with Crippen molar-refractivity contribution in [2.45, 2.75) is 19.9 Å². The zero-order chi connectivity index (χ0) is 21.4. The Bertz CT molecular complexity index is 954. The number of hydrogen-bond donors (Lipinski definition) is 4. The molecule has 0 unspecified atom stereocenters. The first-order valence-corrected chi connectivity index (χ1v) is 9.26. The molecule has 4 N–H and O–H groups in total. The van der Waals surface area contributed by atoms with E-state index in [0.717, 1.165) is 17.6 Å². The summed E-state index contributed by atoms with van der Waals surface area (Å²) >= 11 is 1.09. The number of aromatic nitrogens is 2. The van der Waals surface area contributed by atoms with Crippen LogP contribution >= 0.6 is 11.3 Å². The number of amides is 1. The smallest absolute Gasteiger partial charge is 0.381 e. The van der Waals surface area contributed by atoms with Crippen LogP contribution in [0.1, 0.15) is 24.4 Å². The molecule has 156 valence electrons. The highest BCUT2D eigenvalue weighted by molar-refractivity contribution is 7.19. The molecule has 1 atom stereocenters. The number of anilines is 3. The summed E-state index contributed by atoms with van der Waals surface area (Å²) in [6, 6.07) is 1.24. The molecule has 11 nitrogen and oxygen atoms in total. The van der Waals surface area contributed by atoms with Crippen molar-refractivity contribution in [3.05, 3.63) is 34.0 Å². The molecule has 2 aromatic rings. The van der Waals surface area contributed by atoms with Crippen molar-refractivity contribution in [2.75, 3.05) is 36.8 Å². The van der Waals surface area contributed by atoms with E-state index in [1.807, 2.05) is 6.92 Å². The molecule has 0 aliphatic rings. The first-order valence-electron chi connectivity index (χ1n) is 8.44. The summed E-state index contributed by atoms with van der Waals surface area (Å²) in [4.78, 5) is 24.7. The molecular weight excluding hydrogens is 400 g/mol. The summed E-state index contributed by atoms with van der Waals surface area (Å²) < 4.78 is 15.2. The Balaban J connectivity index is 2.19. The molecule has 0 bridgehead atoms. The van der Waals surface area contributed by atoms with Gasteiger partial charge in [0.05, 0.1) is 19.4 Å². The topological polar surface area (TPSA) is 151 Å². The molecule has 0 saturated heterocycles. The maximum atomic E-state index is 12.5. The van der Waals surface area contributed by atoms with Crippen molar-refractivity contribution in [1.29, 1.82) is 5.41 Å². The Morgan fingerprint density at radius 1 is 1.34 bits per heavy atom. The predicted molar refractivity (Wildman–Crippen MR) is 111 cm³/mol. The third-order valence-corrected chi connectivity index (χ3v) is 4.19. The average Bonchev–Trinajstić information content (AvgIpc) is 3.08. The lowest BCUT2D eigenvalue weighted by molar-refractivity contribution is 0.0991. The minimum Gasteiger partial charge on any atom is -0.488 e. The number of nitrogens with zero attached hydrogens (tertiary/aromatic N) is 2. The monoisotopic (exact) mass is 422 g/mol. The fourth-order valence-corrected chi connectivity index (χ4v) is 2.97. The van der Waals surface area contributed by atoms with E-state index in [9.17, 15) is 9.59 Å². The van der Waals surface area contributed by atoms with Gasteiger partial charge in [-0.05, 0) is 19.9 Å². The van der Waals surface area contributed by atoms with E-state index in [1.54, 1.807) is 20.1 Å². The van der Waals surface area contributed by atoms with Crippen molar-refractivity contribution >= 4 is 39.4 Å². The van der Waals surface area contributed by atoms with Gasteiger partial charge in [0.2, 0.25) is 16.0 Å². The zero-order valence-corrected chi connectivity index (χ0v) is 17.2. The highest BCUT2D eigenvalue weighted by Crippen LogP contribution is 2.24. The van der Waals surface area contributed by atoms with Crippen LogP contribution in [0.3, 0.4) is 0 Å². The highest BCUT2D eigenvalue weighted by Gasteiger charge is 2.19. The Labute approximate surface area is 170 Å². The van der Waals surface area contributed by atoms with Crippen LogP contribution in [-0.2, 0) is 4.74 Å². The molecule has 29 heavy (non-hydrogen) atoms. The van der Waals surface area contributed by atoms with Crippen molar-refractivity contribution in [3.63, 3.8) is 0 Å². The number of carbonyl (C=O) groups is 1. The second kappa shape index (κ2) is 10.3. The van der Waals surface area contributed by atoms with Gasteiger partial charge in [0.25, 0.3) is 5.91 Å². The summed E-state index contributed by atoms with van der Waals surface area (Å²) in [5.41, 5.74) is 0.209. The molecule has 0 aromatic carbocycles. The summed E-state index contributed by atoms with van der Waals surface area (Å²) in [6.07, 6.45) is 2.68. The molecule has 0 fully saturated rings. The van der Waals surface area contributed by atoms with Crippen molar-refractivity contribution in [2.24, 2.45) is 0 Å². The number of methoxy groups -OCH3 is 2. The number of hydrogen-bond acceptors (Lipinski definition) is 11. The van der Waals surface area contributed by atoms with Crippen LogP contribution in [0.25, 0.3) is 0 Å². The summed E-state index contributed by atoms with van der Waals surface area (Å²) in [5.74, 6) is -0.922. The van der Waals surface area contributed by atoms with Crippen LogP contribution in [0.5, 0.6) is 5.75 Å². The van der Waals surface area contributed by atoms with Crippen LogP contribution in [0, 0.1) is 5.41 Å². The van der Waals surface area contributed by atoms with E-state index >= 15 is 0 Å². The highest BCUT2D eigenvalue weighted by atomic mass is 32.1. The van der Waals surface area contributed by atoms with E-state index in [2.05, 4.69) is 26.1 Å². The fraction of sp³-hybridized carbons (Fsp3) is 0.353. The van der Waals surface area contributed by atoms with Gasteiger partial charge in [-0.2, -0.15) is 0 Å². The Hall–Kier alpha value is -3.25. The average molecular weight is 422 g/mol. The first kappa shape index (κ1) is 22.0. The van der Waals surface area contributed by atoms with Crippen LogP contribution in [0.2, 0.25) is 0 Å². The van der Waals surface area contributed by atoms with Crippen molar-refractivity contribution < 1.29 is 18.7 Å². The van der Waals surface area contributed by atoms with E-state index in [0.29, 0.717) is 23.1 Å². The molecule has 0 spiro atoms. The molecule has 2 aromatic heterocycles. The normalized spacial score (nSPS) is 12.2. The summed E-state index contributed by atoms with van der Waals surface area (Å²) in [5, 5.41) is 23.9. The lowest BCUT2D eigenvalue weighted by Gasteiger charge is -2.16. The quantitative estimate of drug-likeness (QED) is 0.422. The number of nitrogens with one attached hydrogen (secondary N) is 4. The Kier molecular flexibility index (Phi) is 7.86. The summed E-state index contributed by atoms with van der Waals surface area (Å²) in [7, 11) is 2.89. The third kappa shape index (κ3) is 6.12. The third-order valence-electron chi connectivity index (χ3n) is 3.44. The van der Waals surface area contributed by atoms with Crippen molar-refractivity contribution in [3.8, 4) is 5.75 Å². The molecule has 0 aliphatic carbocycles. The van der Waals surface area contributed by atoms with Crippen LogP contribution in [0.15, 0.2) is 27.1 Å². The van der Waals surface area contributed by atoms with Crippen LogP contribution in [0.4, 0.5) is 16.0 Å². The SMILES string of the molecule is COC[C@@H](C)Nc1cc(C(=O)Nc2nnc(N/C(C)=C\C=N)s2)oc(=O)c1OC. The minimum atomic E-state index is -0.792. The first-order chi connectivity index (χ1) is 13.9. The predicted octanol–water partition coefficient (Wildman–Crippen LogP) is 2.16. The molecule has 2 rings (SSSR count). The lowest BCUT2D eigenvalue weighted by atomic mass is 10.2. The molecule has 12 heteroatoms. The zero-order valence-electron chi connectivity index (χ0n) is 16.4. The van der Waals surface area contributed by atoms with Gasteiger partial charge in [-0.3, -0.25) is 10.1 Å². The minimum absolute atomic E-state index is 0.0413. The molecule has 0 aliphatic heterocycles. The molecule has 0 radical (unpaired) electrons. The van der Waals surface area contributed by atoms with Gasteiger partial charge in [-0.1, -0.05) is 11.3 Å². The van der Waals surface area contributed by atoms with Gasteiger partial charge in [-0.15, -0.1) is 10.2 Å². The van der Waals surface area contributed by atoms with Gasteiger partial charge in [0.1, 0.15) is 0 Å². The van der Waals surface area contributed by atoms with Gasteiger partial charge < -0.3 is 29.9 Å². The molecule has 1 amide bonds. The second-order valence-electron chi connectivity index (χ2n) is 5.85. The van der Waals surface area contributed by atoms with Crippen LogP contribution < -0.4 is 26.3 Å². The number of ether oxygens (including phenoxy) is 2. The largest absolute Gasteiger partial charge is 0.488 e. The Morgan fingerprint density at radius 3 is 2.66 bits per heavy atom. The van der Waals surface area contributed by atoms with Gasteiger partial charge >= 0.3 is 5.63 Å². The van der Waals surface area contributed by atoms with E-state index < -0.39 is 11.5 Å². The van der Waals surface area contributed by atoms with E-state index in [1.165, 1.54) is 13.2 Å². The van der Waals surface area contributed by atoms with E-state index in [4.69, 9.17) is 19.3 Å². The molecule has 0 saturated carbocycles. The summed E-state index contributed by atoms with van der Waals surface area (Å²) in [6.45, 7) is 4.00. The fourth-order valence-electron chi connectivity index (χ4n) is 2.27. The van der Waals surface area contributed by atoms with Crippen LogP contribution in [-0.4, -0.2) is 49.2 Å². The maximum Gasteiger partial charge on any atom is 0.381 e. The molecular formula is C17H22N6O5S. The standard InChI is InChI=1S/C17H22N6O5S/c1-9(5-6-18)20-16-22-23-17(29-16)21-14(24)12-7-11(19-10(2)8-26-3)13(27-4)15(25)28-12/h5-7,10,18-19H,8H2,1-4H3,(H,20,22)(H,21,23,24)/b9-5-,18-6?/t10-/m1/s1. The number of allylic oxidation sites excluding steroid dienone is 2. The van der Waals surface area contributed by atoms with Gasteiger partial charge in [-0.25, -0.2) is 4.79 Å². The van der Waals surface area contributed by atoms with Gasteiger partial charge in [0.15, 0.2) is 5.76 Å². The van der Waals surface area contributed by atoms with Crippen molar-refractivity contribution in [1.82, 2.24) is 10.2 Å². The van der Waals surface area contributed by atoms with Gasteiger partial charge in [0, 0.05) is 31.1 Å². The van der Waals surface area contributed by atoms with E-state index in [-0.39, 0.29) is 22.7 Å². The molecule has 2 heterocycles. The Morgan fingerprint density at radius 2 is 2.03 bits per heavy atom. The lowest BCUT2D eigenvalue weighted by Crippen LogP contribution is -2.23. The maximum absolute atomic E-state index is 12.5.